The standard InChI is InChI=1S/C19H22F2N2O3S/c1-14-2-4-15(5-3-14)19(13-23-6-8-26-9-7-23)22-27(24,25)18-11-16(20)10-17(21)12-18/h2-5,10-12,19,22H,6-9,13H2,1H3/t19-/m0/s1. The fourth-order valence-corrected chi connectivity index (χ4v) is 4.25. The number of benzene rings is 2. The molecule has 0 radical (unpaired) electrons. The number of halogens is 2. The van der Waals surface area contributed by atoms with Crippen LogP contribution in [0.4, 0.5) is 8.78 Å². The van der Waals surface area contributed by atoms with E-state index >= 15 is 0 Å². The van der Waals surface area contributed by atoms with Crippen LogP contribution >= 0.6 is 0 Å². The van der Waals surface area contributed by atoms with Gasteiger partial charge >= 0.3 is 0 Å². The van der Waals surface area contributed by atoms with E-state index in [0.29, 0.717) is 38.9 Å². The van der Waals surface area contributed by atoms with Crippen molar-refractivity contribution in [2.24, 2.45) is 0 Å². The quantitative estimate of drug-likeness (QED) is 0.816. The lowest BCUT2D eigenvalue weighted by atomic mass is 10.1. The zero-order valence-electron chi connectivity index (χ0n) is 15.0. The fourth-order valence-electron chi connectivity index (χ4n) is 2.99. The first-order chi connectivity index (χ1) is 12.8. The molecule has 0 unspecified atom stereocenters. The smallest absolute Gasteiger partial charge is 0.241 e. The molecule has 1 aliphatic heterocycles. The molecule has 27 heavy (non-hydrogen) atoms. The molecule has 2 aromatic rings. The molecule has 8 heteroatoms. The van der Waals surface area contributed by atoms with Crippen molar-refractivity contribution in [3.8, 4) is 0 Å². The molecule has 1 heterocycles. The van der Waals surface area contributed by atoms with Gasteiger partial charge in [-0.3, -0.25) is 4.90 Å². The van der Waals surface area contributed by atoms with E-state index in [9.17, 15) is 17.2 Å². The lowest BCUT2D eigenvalue weighted by Crippen LogP contribution is -2.43. The van der Waals surface area contributed by atoms with Crippen LogP contribution in [0.5, 0.6) is 0 Å². The molecule has 1 fully saturated rings. The number of sulfonamides is 1. The first-order valence-corrected chi connectivity index (χ1v) is 10.2. The van der Waals surface area contributed by atoms with Crippen molar-refractivity contribution < 1.29 is 21.9 Å². The Morgan fingerprint density at radius 2 is 1.67 bits per heavy atom. The maximum Gasteiger partial charge on any atom is 0.241 e. The fraction of sp³-hybridized carbons (Fsp3) is 0.368. The summed E-state index contributed by atoms with van der Waals surface area (Å²) in [5.41, 5.74) is 1.84. The average molecular weight is 396 g/mol. The number of hydrogen-bond donors (Lipinski definition) is 1. The predicted octanol–water partition coefficient (Wildman–Crippen LogP) is 2.63. The molecule has 0 amide bonds. The van der Waals surface area contributed by atoms with Crippen molar-refractivity contribution in [1.82, 2.24) is 9.62 Å². The Balaban J connectivity index is 1.88. The summed E-state index contributed by atoms with van der Waals surface area (Å²) in [6, 6.07) is 9.22. The van der Waals surface area contributed by atoms with Crippen molar-refractivity contribution in [1.29, 1.82) is 0 Å². The average Bonchev–Trinajstić information content (AvgIpc) is 2.62. The molecule has 0 aromatic heterocycles. The summed E-state index contributed by atoms with van der Waals surface area (Å²) in [5, 5.41) is 0. The van der Waals surface area contributed by atoms with Crippen molar-refractivity contribution in [2.75, 3.05) is 32.8 Å². The third-order valence-corrected chi connectivity index (χ3v) is 5.92. The molecule has 1 atom stereocenters. The minimum Gasteiger partial charge on any atom is -0.379 e. The number of aryl methyl sites for hydroxylation is 1. The monoisotopic (exact) mass is 396 g/mol. The molecule has 1 aliphatic rings. The number of nitrogens with zero attached hydrogens (tertiary/aromatic N) is 1. The highest BCUT2D eigenvalue weighted by molar-refractivity contribution is 7.89. The van der Waals surface area contributed by atoms with Gasteiger partial charge in [0.05, 0.1) is 24.2 Å². The summed E-state index contributed by atoms with van der Waals surface area (Å²) in [5.74, 6) is -1.87. The molecule has 0 bridgehead atoms. The van der Waals surface area contributed by atoms with Gasteiger partial charge in [0.25, 0.3) is 0 Å². The van der Waals surface area contributed by atoms with Gasteiger partial charge < -0.3 is 4.74 Å². The second-order valence-electron chi connectivity index (χ2n) is 6.60. The highest BCUT2D eigenvalue weighted by atomic mass is 32.2. The van der Waals surface area contributed by atoms with Crippen molar-refractivity contribution in [2.45, 2.75) is 17.9 Å². The summed E-state index contributed by atoms with van der Waals surface area (Å²) in [4.78, 5) is 1.67. The summed E-state index contributed by atoms with van der Waals surface area (Å²) < 4.78 is 60.4. The van der Waals surface area contributed by atoms with Gasteiger partial charge in [0.15, 0.2) is 0 Å². The molecular formula is C19H22F2N2O3S. The molecule has 1 N–H and O–H groups in total. The summed E-state index contributed by atoms with van der Waals surface area (Å²) in [7, 11) is -4.10. The van der Waals surface area contributed by atoms with Crippen molar-refractivity contribution >= 4 is 10.0 Å². The third kappa shape index (κ3) is 5.32. The minimum absolute atomic E-state index is 0.431. The lowest BCUT2D eigenvalue weighted by Gasteiger charge is -2.31. The van der Waals surface area contributed by atoms with E-state index in [1.807, 2.05) is 31.2 Å². The molecule has 146 valence electrons. The maximum atomic E-state index is 13.5. The predicted molar refractivity (Wildman–Crippen MR) is 97.9 cm³/mol. The van der Waals surface area contributed by atoms with Gasteiger partial charge in [-0.15, -0.1) is 0 Å². The van der Waals surface area contributed by atoms with Crippen LogP contribution in [-0.4, -0.2) is 46.2 Å². The van der Waals surface area contributed by atoms with Gasteiger partial charge in [-0.05, 0) is 24.6 Å². The highest BCUT2D eigenvalue weighted by Crippen LogP contribution is 2.21. The van der Waals surface area contributed by atoms with E-state index < -0.39 is 32.6 Å². The van der Waals surface area contributed by atoms with Crippen molar-refractivity contribution in [3.63, 3.8) is 0 Å². The van der Waals surface area contributed by atoms with E-state index in [0.717, 1.165) is 23.3 Å². The highest BCUT2D eigenvalue weighted by Gasteiger charge is 2.25. The summed E-state index contributed by atoms with van der Waals surface area (Å²) in [6.45, 7) is 4.94. The first kappa shape index (κ1) is 19.9. The molecule has 0 aliphatic carbocycles. The molecule has 1 saturated heterocycles. The Morgan fingerprint density at radius 3 is 2.26 bits per heavy atom. The Kier molecular flexibility index (Phi) is 6.21. The van der Waals surface area contributed by atoms with Crippen LogP contribution in [0.15, 0.2) is 47.4 Å². The molecule has 0 saturated carbocycles. The van der Waals surface area contributed by atoms with Gasteiger partial charge in [0, 0.05) is 25.7 Å². The summed E-state index contributed by atoms with van der Waals surface area (Å²) >= 11 is 0. The number of ether oxygens (including phenoxy) is 1. The van der Waals surface area contributed by atoms with Crippen LogP contribution < -0.4 is 4.72 Å². The lowest BCUT2D eigenvalue weighted by molar-refractivity contribution is 0.0345. The van der Waals surface area contributed by atoms with Gasteiger partial charge in [0.2, 0.25) is 10.0 Å². The maximum absolute atomic E-state index is 13.5. The Hall–Kier alpha value is -1.87. The van der Waals surface area contributed by atoms with Gasteiger partial charge in [0.1, 0.15) is 11.6 Å². The molecule has 0 spiro atoms. The number of hydrogen-bond acceptors (Lipinski definition) is 4. The second kappa shape index (κ2) is 8.43. The summed E-state index contributed by atoms with van der Waals surface area (Å²) in [6.07, 6.45) is 0. The normalized spacial score (nSPS) is 17.0. The Bertz CT molecular complexity index is 862. The van der Waals surface area contributed by atoms with Gasteiger partial charge in [-0.2, -0.15) is 0 Å². The second-order valence-corrected chi connectivity index (χ2v) is 8.32. The van der Waals surface area contributed by atoms with E-state index in [1.54, 1.807) is 0 Å². The topological polar surface area (TPSA) is 58.6 Å². The Labute approximate surface area is 158 Å². The largest absolute Gasteiger partial charge is 0.379 e. The van der Waals surface area contributed by atoms with Gasteiger partial charge in [-0.1, -0.05) is 29.8 Å². The SMILES string of the molecule is Cc1ccc([C@H](CN2CCOCC2)NS(=O)(=O)c2cc(F)cc(F)c2)cc1. The van der Waals surface area contributed by atoms with E-state index in [4.69, 9.17) is 4.74 Å². The Morgan fingerprint density at radius 1 is 1.07 bits per heavy atom. The van der Waals surface area contributed by atoms with E-state index in [2.05, 4.69) is 9.62 Å². The number of morpholine rings is 1. The minimum atomic E-state index is -4.10. The van der Waals surface area contributed by atoms with Crippen LogP contribution in [-0.2, 0) is 14.8 Å². The van der Waals surface area contributed by atoms with Crippen LogP contribution in [0.25, 0.3) is 0 Å². The van der Waals surface area contributed by atoms with E-state index in [1.165, 1.54) is 0 Å². The first-order valence-electron chi connectivity index (χ1n) is 8.68. The van der Waals surface area contributed by atoms with Crippen LogP contribution in [0, 0.1) is 18.6 Å². The van der Waals surface area contributed by atoms with Crippen LogP contribution in [0.2, 0.25) is 0 Å². The van der Waals surface area contributed by atoms with Crippen molar-refractivity contribution in [3.05, 3.63) is 65.2 Å². The number of rotatable bonds is 6. The zero-order valence-corrected chi connectivity index (χ0v) is 15.8. The molecular weight excluding hydrogens is 374 g/mol. The van der Waals surface area contributed by atoms with Crippen LogP contribution in [0.1, 0.15) is 17.2 Å². The molecule has 5 nitrogen and oxygen atoms in total. The zero-order chi connectivity index (χ0) is 19.4. The van der Waals surface area contributed by atoms with Crippen LogP contribution in [0.3, 0.4) is 0 Å². The molecule has 2 aromatic carbocycles. The number of nitrogens with one attached hydrogen (secondary N) is 1. The van der Waals surface area contributed by atoms with Gasteiger partial charge in [-0.25, -0.2) is 21.9 Å². The van der Waals surface area contributed by atoms with E-state index in [-0.39, 0.29) is 0 Å². The molecule has 3 rings (SSSR count). The third-order valence-electron chi connectivity index (χ3n) is 4.47.